The molecule has 0 aromatic heterocycles. The van der Waals surface area contributed by atoms with Gasteiger partial charge in [0.15, 0.2) is 18.1 Å². The number of nitrogens with zero attached hydrogens (tertiary/aromatic N) is 1. The predicted molar refractivity (Wildman–Crippen MR) is 115 cm³/mol. The normalized spacial score (nSPS) is 10.7. The molecule has 0 atom stereocenters. The second-order valence-electron chi connectivity index (χ2n) is 5.45. The van der Waals surface area contributed by atoms with Gasteiger partial charge in [0, 0.05) is 16.3 Å². The Kier molecular flexibility index (Phi) is 8.66. The minimum Gasteiger partial charge on any atom is -0.493 e. The van der Waals surface area contributed by atoms with E-state index in [-0.39, 0.29) is 12.5 Å². The fourth-order valence-corrected chi connectivity index (χ4v) is 2.99. The molecule has 0 unspecified atom stereocenters. The number of halogens is 2. The highest BCUT2D eigenvalue weighted by Gasteiger charge is 2.11. The summed E-state index contributed by atoms with van der Waals surface area (Å²) in [6.07, 6.45) is 2.43. The van der Waals surface area contributed by atoms with Gasteiger partial charge in [0.2, 0.25) is 0 Å². The van der Waals surface area contributed by atoms with Gasteiger partial charge in [-0.2, -0.15) is 0 Å². The van der Waals surface area contributed by atoms with Crippen molar-refractivity contribution < 1.29 is 19.1 Å². The van der Waals surface area contributed by atoms with Gasteiger partial charge in [-0.05, 0) is 65.4 Å². The molecule has 0 bridgehead atoms. The Balaban J connectivity index is 1.90. The lowest BCUT2D eigenvalue weighted by molar-refractivity contribution is -0.120. The Morgan fingerprint density at radius 2 is 2.04 bits per heavy atom. The van der Waals surface area contributed by atoms with E-state index in [2.05, 4.69) is 33.1 Å². The average molecular weight is 503 g/mol. The molecule has 0 aliphatic heterocycles. The number of carbonyl (C=O) groups excluding carboxylic acids is 1. The average Bonchev–Trinajstić information content (AvgIpc) is 2.66. The zero-order valence-electron chi connectivity index (χ0n) is 15.0. The third-order valence-electron chi connectivity index (χ3n) is 3.30. The van der Waals surface area contributed by atoms with Crippen molar-refractivity contribution in [2.75, 3.05) is 25.6 Å². The lowest BCUT2D eigenvalue weighted by Crippen LogP contribution is -2.16. The first-order valence-corrected chi connectivity index (χ1v) is 9.70. The van der Waals surface area contributed by atoms with Crippen molar-refractivity contribution >= 4 is 52.0 Å². The Bertz CT molecular complexity index is 797. The lowest BCUT2D eigenvalue weighted by atomic mass is 10.2. The SMILES string of the molecule is CCCOc1c(I)cc(/C=N/OCC(=O)Nc2ccc(Cl)cc2)cc1OC. The van der Waals surface area contributed by atoms with Crippen LogP contribution in [0.3, 0.4) is 0 Å². The van der Waals surface area contributed by atoms with Crippen molar-refractivity contribution in [1.29, 1.82) is 0 Å². The van der Waals surface area contributed by atoms with E-state index in [1.807, 2.05) is 13.0 Å². The van der Waals surface area contributed by atoms with Crippen molar-refractivity contribution in [3.8, 4) is 11.5 Å². The molecule has 2 rings (SSSR count). The first-order chi connectivity index (χ1) is 13.0. The first kappa shape index (κ1) is 21.3. The smallest absolute Gasteiger partial charge is 0.265 e. The van der Waals surface area contributed by atoms with E-state index in [0.29, 0.717) is 28.8 Å². The molecule has 27 heavy (non-hydrogen) atoms. The fourth-order valence-electron chi connectivity index (χ4n) is 2.08. The number of methoxy groups -OCH3 is 1. The van der Waals surface area contributed by atoms with E-state index in [9.17, 15) is 4.79 Å². The molecule has 0 spiro atoms. The van der Waals surface area contributed by atoms with Crippen molar-refractivity contribution in [3.05, 3.63) is 50.6 Å². The minimum absolute atomic E-state index is 0.203. The van der Waals surface area contributed by atoms with E-state index >= 15 is 0 Å². The number of benzene rings is 2. The van der Waals surface area contributed by atoms with Gasteiger partial charge in [-0.1, -0.05) is 23.7 Å². The maximum absolute atomic E-state index is 11.8. The number of nitrogens with one attached hydrogen (secondary N) is 1. The summed E-state index contributed by atoms with van der Waals surface area (Å²) in [6, 6.07) is 10.5. The lowest BCUT2D eigenvalue weighted by Gasteiger charge is -2.12. The molecule has 6 nitrogen and oxygen atoms in total. The van der Waals surface area contributed by atoms with Gasteiger partial charge in [0.25, 0.3) is 5.91 Å². The molecule has 0 heterocycles. The van der Waals surface area contributed by atoms with Crippen molar-refractivity contribution in [1.82, 2.24) is 0 Å². The fraction of sp³-hybridized carbons (Fsp3) is 0.263. The quantitative estimate of drug-likeness (QED) is 0.306. The maximum atomic E-state index is 11.8. The van der Waals surface area contributed by atoms with Crippen LogP contribution in [0.5, 0.6) is 11.5 Å². The Morgan fingerprint density at radius 3 is 2.70 bits per heavy atom. The summed E-state index contributed by atoms with van der Waals surface area (Å²) in [6.45, 7) is 2.46. The molecule has 2 aromatic rings. The number of rotatable bonds is 9. The van der Waals surface area contributed by atoms with E-state index in [1.165, 1.54) is 6.21 Å². The number of oxime groups is 1. The molecule has 0 saturated heterocycles. The van der Waals surface area contributed by atoms with Gasteiger partial charge in [0.1, 0.15) is 0 Å². The van der Waals surface area contributed by atoms with Crippen LogP contribution in [-0.4, -0.2) is 32.4 Å². The summed E-state index contributed by atoms with van der Waals surface area (Å²) in [5.41, 5.74) is 1.41. The van der Waals surface area contributed by atoms with Crippen LogP contribution in [0, 0.1) is 3.57 Å². The number of carbonyl (C=O) groups is 1. The van der Waals surface area contributed by atoms with Crippen LogP contribution in [0.1, 0.15) is 18.9 Å². The first-order valence-electron chi connectivity index (χ1n) is 8.24. The zero-order chi connectivity index (χ0) is 19.6. The van der Waals surface area contributed by atoms with Crippen LogP contribution in [0.25, 0.3) is 0 Å². The third kappa shape index (κ3) is 6.91. The van der Waals surface area contributed by atoms with Gasteiger partial charge in [0.05, 0.1) is 23.5 Å². The van der Waals surface area contributed by atoms with E-state index in [0.717, 1.165) is 15.6 Å². The molecule has 0 aliphatic carbocycles. The summed E-state index contributed by atoms with van der Waals surface area (Å²) in [5.74, 6) is 1.02. The Labute approximate surface area is 177 Å². The Hall–Kier alpha value is -2.00. The molecule has 1 amide bonds. The molecule has 0 radical (unpaired) electrons. The maximum Gasteiger partial charge on any atom is 0.265 e. The molecular formula is C19H20ClIN2O4. The van der Waals surface area contributed by atoms with E-state index in [1.54, 1.807) is 37.4 Å². The van der Waals surface area contributed by atoms with Gasteiger partial charge in [-0.3, -0.25) is 4.79 Å². The summed E-state index contributed by atoms with van der Waals surface area (Å²) in [5, 5.41) is 7.13. The molecule has 144 valence electrons. The van der Waals surface area contributed by atoms with Crippen molar-refractivity contribution in [2.45, 2.75) is 13.3 Å². The van der Waals surface area contributed by atoms with E-state index in [4.69, 9.17) is 25.9 Å². The molecule has 2 aromatic carbocycles. The summed E-state index contributed by atoms with van der Waals surface area (Å²) < 4.78 is 12.0. The van der Waals surface area contributed by atoms with Crippen LogP contribution >= 0.6 is 34.2 Å². The van der Waals surface area contributed by atoms with Crippen LogP contribution < -0.4 is 14.8 Å². The highest BCUT2D eigenvalue weighted by atomic mass is 127. The van der Waals surface area contributed by atoms with Crippen molar-refractivity contribution in [2.24, 2.45) is 5.16 Å². The summed E-state index contributed by atoms with van der Waals surface area (Å²) in [4.78, 5) is 16.9. The largest absolute Gasteiger partial charge is 0.493 e. The Morgan fingerprint density at radius 1 is 1.30 bits per heavy atom. The highest BCUT2D eigenvalue weighted by molar-refractivity contribution is 14.1. The topological polar surface area (TPSA) is 69.2 Å². The van der Waals surface area contributed by atoms with Crippen LogP contribution in [0.4, 0.5) is 5.69 Å². The molecule has 1 N–H and O–H groups in total. The molecular weight excluding hydrogens is 483 g/mol. The number of hydrogen-bond donors (Lipinski definition) is 1. The van der Waals surface area contributed by atoms with E-state index < -0.39 is 0 Å². The summed E-state index contributed by atoms with van der Waals surface area (Å²) >= 11 is 7.98. The second kappa shape index (κ2) is 11.0. The van der Waals surface area contributed by atoms with Gasteiger partial charge >= 0.3 is 0 Å². The van der Waals surface area contributed by atoms with Gasteiger partial charge in [-0.25, -0.2) is 0 Å². The minimum atomic E-state index is -0.315. The monoisotopic (exact) mass is 502 g/mol. The van der Waals surface area contributed by atoms with Crippen LogP contribution in [-0.2, 0) is 9.63 Å². The molecule has 0 fully saturated rings. The number of hydrogen-bond acceptors (Lipinski definition) is 5. The van der Waals surface area contributed by atoms with Crippen LogP contribution in [0.2, 0.25) is 5.02 Å². The number of anilines is 1. The third-order valence-corrected chi connectivity index (χ3v) is 4.36. The number of ether oxygens (including phenoxy) is 2. The van der Waals surface area contributed by atoms with Gasteiger partial charge in [-0.15, -0.1) is 0 Å². The zero-order valence-corrected chi connectivity index (χ0v) is 17.9. The number of amides is 1. The van der Waals surface area contributed by atoms with Gasteiger partial charge < -0.3 is 19.6 Å². The molecule has 0 aliphatic rings. The van der Waals surface area contributed by atoms with Crippen molar-refractivity contribution in [3.63, 3.8) is 0 Å². The molecule has 8 heteroatoms. The van der Waals surface area contributed by atoms with Crippen LogP contribution in [0.15, 0.2) is 41.6 Å². The highest BCUT2D eigenvalue weighted by Crippen LogP contribution is 2.33. The predicted octanol–water partition coefficient (Wildman–Crippen LogP) is 4.73. The second-order valence-corrected chi connectivity index (χ2v) is 7.04. The standard InChI is InChI=1S/C19H20ClIN2O4/c1-3-8-26-19-16(21)9-13(10-17(19)25-2)11-22-27-12-18(24)23-15-6-4-14(20)5-7-15/h4-7,9-11H,3,8,12H2,1-2H3,(H,23,24)/b22-11+. The summed E-state index contributed by atoms with van der Waals surface area (Å²) in [7, 11) is 1.59. The molecule has 0 saturated carbocycles.